The van der Waals surface area contributed by atoms with E-state index in [1.54, 1.807) is 0 Å². The van der Waals surface area contributed by atoms with Gasteiger partial charge in [-0.3, -0.25) is 4.79 Å². The molecule has 128 valence electrons. The van der Waals surface area contributed by atoms with Crippen LogP contribution in [0, 0.1) is 13.8 Å². The summed E-state index contributed by atoms with van der Waals surface area (Å²) < 4.78 is 4.50. The van der Waals surface area contributed by atoms with E-state index >= 15 is 0 Å². The maximum absolute atomic E-state index is 13.0. The standard InChI is InChI=1S/C18H25N5O/c1-11(2)17-20-19-16-10-21(7-8-22(16)17)18(24)15-9-12(3)23(13(15)4)14-5-6-14/h9,11,14H,5-8,10H2,1-4H3. The van der Waals surface area contributed by atoms with Gasteiger partial charge in [0.25, 0.3) is 5.91 Å². The number of amides is 1. The van der Waals surface area contributed by atoms with Crippen LogP contribution in [0.5, 0.6) is 0 Å². The third-order valence-electron chi connectivity index (χ3n) is 5.21. The number of aromatic nitrogens is 4. The van der Waals surface area contributed by atoms with Crippen molar-refractivity contribution in [3.05, 3.63) is 34.7 Å². The Bertz CT molecular complexity index is 797. The normalized spacial score (nSPS) is 17.5. The third-order valence-corrected chi connectivity index (χ3v) is 5.21. The fraction of sp³-hybridized carbons (Fsp3) is 0.611. The van der Waals surface area contributed by atoms with Crippen LogP contribution in [0.3, 0.4) is 0 Å². The predicted octanol–water partition coefficient (Wildman–Crippen LogP) is 2.81. The zero-order valence-electron chi connectivity index (χ0n) is 14.9. The first kappa shape index (κ1) is 15.4. The topological polar surface area (TPSA) is 56.0 Å². The molecule has 3 heterocycles. The molecule has 6 nitrogen and oxygen atoms in total. The van der Waals surface area contributed by atoms with Crippen molar-refractivity contribution in [2.75, 3.05) is 6.54 Å². The molecule has 0 unspecified atom stereocenters. The minimum atomic E-state index is 0.121. The van der Waals surface area contributed by atoms with E-state index in [1.165, 1.54) is 18.5 Å². The molecule has 0 atom stereocenters. The number of nitrogens with zero attached hydrogens (tertiary/aromatic N) is 5. The number of rotatable bonds is 3. The van der Waals surface area contributed by atoms with Crippen molar-refractivity contribution >= 4 is 5.91 Å². The Morgan fingerprint density at radius 3 is 2.62 bits per heavy atom. The molecule has 2 aromatic rings. The van der Waals surface area contributed by atoms with Gasteiger partial charge in [-0.1, -0.05) is 13.8 Å². The lowest BCUT2D eigenvalue weighted by Gasteiger charge is -2.28. The second-order valence-electron chi connectivity index (χ2n) is 7.39. The molecule has 4 rings (SSSR count). The molecule has 0 spiro atoms. The maximum Gasteiger partial charge on any atom is 0.256 e. The lowest BCUT2D eigenvalue weighted by molar-refractivity contribution is 0.0705. The number of aryl methyl sites for hydroxylation is 1. The van der Waals surface area contributed by atoms with Crippen molar-refractivity contribution in [2.24, 2.45) is 0 Å². The van der Waals surface area contributed by atoms with E-state index in [0.717, 1.165) is 36.0 Å². The monoisotopic (exact) mass is 327 g/mol. The van der Waals surface area contributed by atoms with Gasteiger partial charge in [0.15, 0.2) is 5.82 Å². The molecule has 24 heavy (non-hydrogen) atoms. The van der Waals surface area contributed by atoms with Crippen LogP contribution in [0.2, 0.25) is 0 Å². The van der Waals surface area contributed by atoms with Gasteiger partial charge in [-0.15, -0.1) is 10.2 Å². The van der Waals surface area contributed by atoms with Crippen LogP contribution < -0.4 is 0 Å². The molecule has 1 saturated carbocycles. The summed E-state index contributed by atoms with van der Waals surface area (Å²) in [4.78, 5) is 14.9. The fourth-order valence-electron chi connectivity index (χ4n) is 3.84. The first-order valence-corrected chi connectivity index (χ1v) is 8.87. The van der Waals surface area contributed by atoms with Gasteiger partial charge in [-0.05, 0) is 32.8 Å². The molecule has 1 fully saturated rings. The number of hydrogen-bond acceptors (Lipinski definition) is 3. The quantitative estimate of drug-likeness (QED) is 0.871. The Morgan fingerprint density at radius 2 is 1.96 bits per heavy atom. The summed E-state index contributed by atoms with van der Waals surface area (Å²) in [6.45, 7) is 10.5. The van der Waals surface area contributed by atoms with Crippen molar-refractivity contribution in [3.63, 3.8) is 0 Å². The fourth-order valence-corrected chi connectivity index (χ4v) is 3.84. The minimum Gasteiger partial charge on any atom is -0.345 e. The van der Waals surface area contributed by atoms with E-state index in [1.807, 2.05) is 4.90 Å². The van der Waals surface area contributed by atoms with Gasteiger partial charge < -0.3 is 14.0 Å². The van der Waals surface area contributed by atoms with Crippen LogP contribution in [0.25, 0.3) is 0 Å². The second-order valence-corrected chi connectivity index (χ2v) is 7.39. The van der Waals surface area contributed by atoms with E-state index in [2.05, 4.69) is 53.1 Å². The average molecular weight is 327 g/mol. The molecule has 6 heteroatoms. The predicted molar refractivity (Wildman–Crippen MR) is 91.0 cm³/mol. The molecule has 0 saturated heterocycles. The van der Waals surface area contributed by atoms with Gasteiger partial charge in [-0.2, -0.15) is 0 Å². The summed E-state index contributed by atoms with van der Waals surface area (Å²) >= 11 is 0. The van der Waals surface area contributed by atoms with Crippen LogP contribution in [0.1, 0.15) is 72.0 Å². The molecule has 0 bridgehead atoms. The largest absolute Gasteiger partial charge is 0.345 e. The summed E-state index contributed by atoms with van der Waals surface area (Å²) in [7, 11) is 0. The highest BCUT2D eigenvalue weighted by Gasteiger charge is 2.31. The summed E-state index contributed by atoms with van der Waals surface area (Å²) in [6.07, 6.45) is 2.46. The van der Waals surface area contributed by atoms with E-state index < -0.39 is 0 Å². The number of carbonyl (C=O) groups excluding carboxylic acids is 1. The Hall–Kier alpha value is -2.11. The van der Waals surface area contributed by atoms with E-state index in [0.29, 0.717) is 18.5 Å². The molecule has 2 aromatic heterocycles. The van der Waals surface area contributed by atoms with Crippen molar-refractivity contribution in [3.8, 4) is 0 Å². The number of hydrogen-bond donors (Lipinski definition) is 0. The van der Waals surface area contributed by atoms with Gasteiger partial charge in [-0.25, -0.2) is 0 Å². The molecule has 2 aliphatic rings. The smallest absolute Gasteiger partial charge is 0.256 e. The lowest BCUT2D eigenvalue weighted by Crippen LogP contribution is -2.39. The molecule has 1 aliphatic carbocycles. The number of fused-ring (bicyclic) bond motifs is 1. The highest BCUT2D eigenvalue weighted by atomic mass is 16.2. The van der Waals surface area contributed by atoms with Gasteiger partial charge in [0.1, 0.15) is 5.82 Å². The highest BCUT2D eigenvalue weighted by Crippen LogP contribution is 2.38. The van der Waals surface area contributed by atoms with Gasteiger partial charge in [0.2, 0.25) is 0 Å². The van der Waals surface area contributed by atoms with Gasteiger partial charge in [0, 0.05) is 36.4 Å². The van der Waals surface area contributed by atoms with Crippen LogP contribution in [-0.4, -0.2) is 36.7 Å². The summed E-state index contributed by atoms with van der Waals surface area (Å²) in [5.41, 5.74) is 3.15. The summed E-state index contributed by atoms with van der Waals surface area (Å²) in [5, 5.41) is 8.60. The SMILES string of the molecule is Cc1cc(C(=O)N2CCn3c(nnc3C(C)C)C2)c(C)n1C1CC1. The zero-order chi connectivity index (χ0) is 17.0. The van der Waals surface area contributed by atoms with Crippen LogP contribution in [0.15, 0.2) is 6.07 Å². The van der Waals surface area contributed by atoms with E-state index in [-0.39, 0.29) is 5.91 Å². The van der Waals surface area contributed by atoms with Crippen LogP contribution in [-0.2, 0) is 13.1 Å². The lowest BCUT2D eigenvalue weighted by atomic mass is 10.2. The van der Waals surface area contributed by atoms with Crippen molar-refractivity contribution < 1.29 is 4.79 Å². The molecule has 0 aromatic carbocycles. The van der Waals surface area contributed by atoms with Gasteiger partial charge >= 0.3 is 0 Å². The Morgan fingerprint density at radius 1 is 1.21 bits per heavy atom. The average Bonchev–Trinajstić information content (AvgIpc) is 3.20. The summed E-state index contributed by atoms with van der Waals surface area (Å²) in [6, 6.07) is 2.65. The Balaban J connectivity index is 1.59. The van der Waals surface area contributed by atoms with E-state index in [9.17, 15) is 4.79 Å². The minimum absolute atomic E-state index is 0.121. The first-order chi connectivity index (χ1) is 11.5. The first-order valence-electron chi connectivity index (χ1n) is 8.87. The molecule has 1 amide bonds. The molecule has 1 aliphatic heterocycles. The second kappa shape index (κ2) is 5.46. The zero-order valence-corrected chi connectivity index (χ0v) is 14.9. The Labute approximate surface area is 142 Å². The van der Waals surface area contributed by atoms with E-state index in [4.69, 9.17) is 0 Å². The maximum atomic E-state index is 13.0. The summed E-state index contributed by atoms with van der Waals surface area (Å²) in [5.74, 6) is 2.39. The van der Waals surface area contributed by atoms with Gasteiger partial charge in [0.05, 0.1) is 12.1 Å². The van der Waals surface area contributed by atoms with Crippen LogP contribution >= 0.6 is 0 Å². The Kier molecular flexibility index (Phi) is 3.51. The molecule has 0 N–H and O–H groups in total. The molecule has 0 radical (unpaired) electrons. The highest BCUT2D eigenvalue weighted by molar-refractivity contribution is 5.95. The van der Waals surface area contributed by atoms with Crippen molar-refractivity contribution in [1.29, 1.82) is 0 Å². The molecular formula is C18H25N5O. The number of carbonyl (C=O) groups is 1. The van der Waals surface area contributed by atoms with Crippen LogP contribution in [0.4, 0.5) is 0 Å². The van der Waals surface area contributed by atoms with Crippen molar-refractivity contribution in [1.82, 2.24) is 24.2 Å². The molecular weight excluding hydrogens is 302 g/mol. The van der Waals surface area contributed by atoms with Crippen molar-refractivity contribution in [2.45, 2.75) is 65.6 Å². The third kappa shape index (κ3) is 2.36.